The van der Waals surface area contributed by atoms with Crippen molar-refractivity contribution in [2.75, 3.05) is 0 Å². The summed E-state index contributed by atoms with van der Waals surface area (Å²) in [6.45, 7) is 4.81. The molecule has 0 aromatic heterocycles. The molecule has 1 aromatic carbocycles. The molecule has 0 saturated carbocycles. The maximum Gasteiger partial charge on any atom is 0.129 e. The van der Waals surface area contributed by atoms with Crippen molar-refractivity contribution in [1.29, 1.82) is 0 Å². The van der Waals surface area contributed by atoms with Gasteiger partial charge >= 0.3 is 0 Å². The highest BCUT2D eigenvalue weighted by atomic mass is 19.1. The molecule has 0 aliphatic heterocycles. The molecule has 0 radical (unpaired) electrons. The lowest BCUT2D eigenvalue weighted by Gasteiger charge is -2.12. The first kappa shape index (κ1) is 13.1. The summed E-state index contributed by atoms with van der Waals surface area (Å²) in [6, 6.07) is 5.06. The number of hydrogen-bond donors (Lipinski definition) is 1. The Kier molecular flexibility index (Phi) is 5.43. The molecule has 16 heavy (non-hydrogen) atoms. The van der Waals surface area contributed by atoms with E-state index in [9.17, 15) is 4.39 Å². The predicted octanol–water partition coefficient (Wildman–Crippen LogP) is 2.99. The van der Waals surface area contributed by atoms with E-state index in [1.54, 1.807) is 6.07 Å². The third-order valence-electron chi connectivity index (χ3n) is 2.57. The van der Waals surface area contributed by atoms with Crippen LogP contribution in [0.15, 0.2) is 18.2 Å². The molecular weight excluding hydrogens is 205 g/mol. The third kappa shape index (κ3) is 3.91. The molecule has 90 valence electrons. The molecule has 3 heteroatoms. The quantitative estimate of drug-likeness (QED) is 0.807. The molecule has 1 aromatic rings. The number of halogens is 1. The minimum atomic E-state index is -0.230. The summed E-state index contributed by atoms with van der Waals surface area (Å²) in [5.74, 6) is -0.230. The van der Waals surface area contributed by atoms with Gasteiger partial charge in [-0.1, -0.05) is 25.5 Å². The normalized spacial score (nSPS) is 12.8. The average Bonchev–Trinajstić information content (AvgIpc) is 2.27. The van der Waals surface area contributed by atoms with Gasteiger partial charge in [0.15, 0.2) is 0 Å². The van der Waals surface area contributed by atoms with Crippen molar-refractivity contribution in [2.24, 2.45) is 5.73 Å². The summed E-state index contributed by atoms with van der Waals surface area (Å²) < 4.78 is 19.1. The van der Waals surface area contributed by atoms with Gasteiger partial charge in [0.2, 0.25) is 0 Å². The molecule has 0 spiro atoms. The lowest BCUT2D eigenvalue weighted by atomic mass is 10.1. The largest absolute Gasteiger partial charge is 0.374 e. The van der Waals surface area contributed by atoms with E-state index in [0.717, 1.165) is 18.4 Å². The van der Waals surface area contributed by atoms with Crippen molar-refractivity contribution in [2.45, 2.75) is 45.9 Å². The summed E-state index contributed by atoms with van der Waals surface area (Å²) in [5, 5.41) is 0. The third-order valence-corrected chi connectivity index (χ3v) is 2.57. The zero-order valence-corrected chi connectivity index (χ0v) is 10.0. The lowest BCUT2D eigenvalue weighted by molar-refractivity contribution is 0.0456. The topological polar surface area (TPSA) is 35.2 Å². The van der Waals surface area contributed by atoms with Crippen molar-refractivity contribution in [3.63, 3.8) is 0 Å². The Bertz CT molecular complexity index is 328. The van der Waals surface area contributed by atoms with Gasteiger partial charge in [-0.15, -0.1) is 0 Å². The highest BCUT2D eigenvalue weighted by molar-refractivity contribution is 5.23. The van der Waals surface area contributed by atoms with Gasteiger partial charge in [0.05, 0.1) is 12.7 Å². The summed E-state index contributed by atoms with van der Waals surface area (Å²) in [5.41, 5.74) is 6.84. The molecule has 1 rings (SSSR count). The van der Waals surface area contributed by atoms with E-state index in [2.05, 4.69) is 6.92 Å². The molecule has 2 nitrogen and oxygen atoms in total. The first-order valence-electron chi connectivity index (χ1n) is 5.76. The summed E-state index contributed by atoms with van der Waals surface area (Å²) in [6.07, 6.45) is 2.26. The van der Waals surface area contributed by atoms with Crippen LogP contribution >= 0.6 is 0 Å². The van der Waals surface area contributed by atoms with E-state index >= 15 is 0 Å². The molecule has 0 aliphatic rings. The second-order valence-corrected chi connectivity index (χ2v) is 4.04. The maximum atomic E-state index is 13.5. The maximum absolute atomic E-state index is 13.5. The number of nitrogens with two attached hydrogens (primary N) is 1. The molecule has 0 bridgehead atoms. The molecule has 1 atom stereocenters. The SMILES string of the molecule is CCCC(C)OCc1ccc(CN)cc1F. The molecule has 0 aliphatic carbocycles. The van der Waals surface area contributed by atoms with Gasteiger partial charge in [-0.25, -0.2) is 4.39 Å². The van der Waals surface area contributed by atoms with E-state index in [4.69, 9.17) is 10.5 Å². The molecule has 2 N–H and O–H groups in total. The molecule has 0 amide bonds. The number of hydrogen-bond acceptors (Lipinski definition) is 2. The van der Waals surface area contributed by atoms with Gasteiger partial charge < -0.3 is 10.5 Å². The van der Waals surface area contributed by atoms with Crippen LogP contribution in [0.3, 0.4) is 0 Å². The number of benzene rings is 1. The van der Waals surface area contributed by atoms with Crippen LogP contribution in [0.5, 0.6) is 0 Å². The fourth-order valence-electron chi connectivity index (χ4n) is 1.56. The van der Waals surface area contributed by atoms with Gasteiger partial charge in [-0.2, -0.15) is 0 Å². The molecule has 0 heterocycles. The highest BCUT2D eigenvalue weighted by Gasteiger charge is 2.06. The first-order chi connectivity index (χ1) is 7.67. The van der Waals surface area contributed by atoms with E-state index in [-0.39, 0.29) is 11.9 Å². The molecule has 0 saturated heterocycles. The summed E-state index contributed by atoms with van der Waals surface area (Å²) in [7, 11) is 0. The van der Waals surface area contributed by atoms with Crippen molar-refractivity contribution in [3.8, 4) is 0 Å². The van der Waals surface area contributed by atoms with Crippen molar-refractivity contribution in [1.82, 2.24) is 0 Å². The van der Waals surface area contributed by atoms with Crippen LogP contribution < -0.4 is 5.73 Å². The van der Waals surface area contributed by atoms with Crippen molar-refractivity contribution < 1.29 is 9.13 Å². The van der Waals surface area contributed by atoms with Crippen LogP contribution in [-0.4, -0.2) is 6.10 Å². The van der Waals surface area contributed by atoms with Crippen LogP contribution in [0.2, 0.25) is 0 Å². The number of rotatable bonds is 6. The Morgan fingerprint density at radius 1 is 1.44 bits per heavy atom. The van der Waals surface area contributed by atoms with Gasteiger partial charge in [-0.3, -0.25) is 0 Å². The second-order valence-electron chi connectivity index (χ2n) is 4.04. The van der Waals surface area contributed by atoms with Crippen LogP contribution in [0.4, 0.5) is 4.39 Å². The van der Waals surface area contributed by atoms with Crippen LogP contribution in [0, 0.1) is 5.82 Å². The van der Waals surface area contributed by atoms with Crippen LogP contribution in [0.25, 0.3) is 0 Å². The molecule has 0 fully saturated rings. The molecular formula is C13H20FNO. The summed E-state index contributed by atoms with van der Waals surface area (Å²) in [4.78, 5) is 0. The minimum Gasteiger partial charge on any atom is -0.374 e. The van der Waals surface area contributed by atoms with Gasteiger partial charge in [0.25, 0.3) is 0 Å². The zero-order chi connectivity index (χ0) is 12.0. The Morgan fingerprint density at radius 2 is 2.19 bits per heavy atom. The van der Waals surface area contributed by atoms with E-state index in [1.807, 2.05) is 13.0 Å². The fraction of sp³-hybridized carbons (Fsp3) is 0.538. The monoisotopic (exact) mass is 225 g/mol. The second kappa shape index (κ2) is 6.61. The summed E-state index contributed by atoms with van der Waals surface area (Å²) >= 11 is 0. The van der Waals surface area contributed by atoms with E-state index in [0.29, 0.717) is 18.7 Å². The average molecular weight is 225 g/mol. The Morgan fingerprint density at radius 3 is 2.75 bits per heavy atom. The standard InChI is InChI=1S/C13H20FNO/c1-3-4-10(2)16-9-12-6-5-11(8-15)7-13(12)14/h5-7,10H,3-4,8-9,15H2,1-2H3. The van der Waals surface area contributed by atoms with Gasteiger partial charge in [0, 0.05) is 12.1 Å². The highest BCUT2D eigenvalue weighted by Crippen LogP contribution is 2.13. The van der Waals surface area contributed by atoms with Crippen molar-refractivity contribution >= 4 is 0 Å². The lowest BCUT2D eigenvalue weighted by Crippen LogP contribution is -2.08. The fourth-order valence-corrected chi connectivity index (χ4v) is 1.56. The van der Waals surface area contributed by atoms with E-state index < -0.39 is 0 Å². The van der Waals surface area contributed by atoms with Crippen LogP contribution in [0.1, 0.15) is 37.8 Å². The van der Waals surface area contributed by atoms with Crippen molar-refractivity contribution in [3.05, 3.63) is 35.1 Å². The Balaban J connectivity index is 2.54. The number of ether oxygens (including phenoxy) is 1. The molecule has 1 unspecified atom stereocenters. The Hall–Kier alpha value is -0.930. The first-order valence-corrected chi connectivity index (χ1v) is 5.76. The van der Waals surface area contributed by atoms with Gasteiger partial charge in [0.1, 0.15) is 5.82 Å². The smallest absolute Gasteiger partial charge is 0.129 e. The zero-order valence-electron chi connectivity index (χ0n) is 10.0. The predicted molar refractivity (Wildman–Crippen MR) is 63.5 cm³/mol. The van der Waals surface area contributed by atoms with Gasteiger partial charge in [-0.05, 0) is 25.0 Å². The van der Waals surface area contributed by atoms with Crippen LogP contribution in [-0.2, 0) is 17.9 Å². The van der Waals surface area contributed by atoms with E-state index in [1.165, 1.54) is 6.07 Å². The minimum absolute atomic E-state index is 0.179. The Labute approximate surface area is 96.6 Å².